The summed E-state index contributed by atoms with van der Waals surface area (Å²) in [5.74, 6) is 0. The van der Waals surface area contributed by atoms with Gasteiger partial charge in [-0.2, -0.15) is 0 Å². The molecular weight excluding hydrogens is 352 g/mol. The average molecular weight is 383 g/mol. The highest BCUT2D eigenvalue weighted by Gasteiger charge is 2.40. The Hall–Kier alpha value is -1.88. The van der Waals surface area contributed by atoms with E-state index in [0.717, 1.165) is 17.4 Å². The zero-order valence-electron chi connectivity index (χ0n) is 16.6. The normalized spacial score (nSPS) is 23.7. The fourth-order valence-corrected chi connectivity index (χ4v) is 5.46. The lowest BCUT2D eigenvalue weighted by Crippen LogP contribution is -2.29. The van der Waals surface area contributed by atoms with E-state index in [2.05, 4.69) is 58.7 Å². The Labute approximate surface area is 168 Å². The van der Waals surface area contributed by atoms with Gasteiger partial charge in [-0.15, -0.1) is 0 Å². The molecule has 2 aromatic heterocycles. The summed E-state index contributed by atoms with van der Waals surface area (Å²) in [6, 6.07) is 9.47. The van der Waals surface area contributed by atoms with Crippen LogP contribution in [0.25, 0.3) is 0 Å². The third kappa shape index (κ3) is 3.27. The summed E-state index contributed by atoms with van der Waals surface area (Å²) in [7, 11) is 0. The molecule has 0 radical (unpaired) electrons. The molecule has 4 rings (SSSR count). The highest BCUT2D eigenvalue weighted by atomic mass is 32.1. The van der Waals surface area contributed by atoms with Crippen LogP contribution in [0, 0.1) is 13.8 Å². The third-order valence-electron chi connectivity index (χ3n) is 6.32. The lowest BCUT2D eigenvalue weighted by atomic mass is 9.94. The van der Waals surface area contributed by atoms with Crippen LogP contribution in [0.2, 0.25) is 0 Å². The monoisotopic (exact) mass is 382 g/mol. The number of hydrogen-bond acceptors (Lipinski definition) is 2. The van der Waals surface area contributed by atoms with E-state index in [1.807, 2.05) is 12.3 Å². The zero-order valence-corrected chi connectivity index (χ0v) is 17.4. The Kier molecular flexibility index (Phi) is 5.22. The van der Waals surface area contributed by atoms with Crippen molar-refractivity contribution in [2.75, 3.05) is 6.54 Å². The van der Waals surface area contributed by atoms with E-state index < -0.39 is 0 Å². The summed E-state index contributed by atoms with van der Waals surface area (Å²) in [5, 5.41) is 4.37. The van der Waals surface area contributed by atoms with Crippen LogP contribution in [0.4, 0.5) is 0 Å². The molecule has 0 amide bonds. The summed E-state index contributed by atoms with van der Waals surface area (Å²) in [6.45, 7) is 7.63. The standard InChI is InChI=1S/C22H30N4S/c1-4-25-21(20(24-22(25)27)19-12-8-9-13-23-19)18-14-15(2)26(16(18)3)17-10-6-5-7-11-17/h8-9,12-14,17,20-21H,4-7,10-11H2,1-3H3,(H,24,27)/t20-,21+/m0/s1. The van der Waals surface area contributed by atoms with Crippen molar-refractivity contribution in [2.45, 2.75) is 71.0 Å². The van der Waals surface area contributed by atoms with Gasteiger partial charge in [-0.05, 0) is 69.6 Å². The Balaban J connectivity index is 1.76. The molecular formula is C22H30N4S. The minimum Gasteiger partial charge on any atom is -0.352 e. The number of likely N-dealkylation sites (N-methyl/N-ethyl adjacent to an activating group) is 1. The topological polar surface area (TPSA) is 33.1 Å². The highest BCUT2D eigenvalue weighted by Crippen LogP contribution is 2.42. The van der Waals surface area contributed by atoms with Gasteiger partial charge < -0.3 is 14.8 Å². The molecule has 2 fully saturated rings. The highest BCUT2D eigenvalue weighted by molar-refractivity contribution is 7.80. The molecule has 2 atom stereocenters. The van der Waals surface area contributed by atoms with Crippen molar-refractivity contribution >= 4 is 17.3 Å². The average Bonchev–Trinajstić information content (AvgIpc) is 3.18. The van der Waals surface area contributed by atoms with Gasteiger partial charge in [0.25, 0.3) is 0 Å². The number of nitrogens with zero attached hydrogens (tertiary/aromatic N) is 3. The molecule has 1 aliphatic carbocycles. The fourth-order valence-electron chi connectivity index (χ4n) is 5.09. The lowest BCUT2D eigenvalue weighted by molar-refractivity contribution is 0.323. The Bertz CT molecular complexity index is 807. The molecule has 1 saturated heterocycles. The van der Waals surface area contributed by atoms with Gasteiger partial charge in [-0.3, -0.25) is 4.98 Å². The van der Waals surface area contributed by atoms with Gasteiger partial charge in [0.05, 0.1) is 17.8 Å². The van der Waals surface area contributed by atoms with Crippen LogP contribution in [0.1, 0.15) is 79.8 Å². The molecule has 1 saturated carbocycles. The van der Waals surface area contributed by atoms with Crippen molar-refractivity contribution in [3.05, 3.63) is 53.1 Å². The molecule has 1 N–H and O–H groups in total. The van der Waals surface area contributed by atoms with Crippen molar-refractivity contribution < 1.29 is 0 Å². The molecule has 144 valence electrons. The number of hydrogen-bond donors (Lipinski definition) is 1. The Morgan fingerprint density at radius 3 is 2.63 bits per heavy atom. The van der Waals surface area contributed by atoms with Crippen LogP contribution in [0.3, 0.4) is 0 Å². The quantitative estimate of drug-likeness (QED) is 0.755. The van der Waals surface area contributed by atoms with E-state index >= 15 is 0 Å². The molecule has 0 bridgehead atoms. The Morgan fingerprint density at radius 2 is 1.96 bits per heavy atom. The number of rotatable bonds is 4. The lowest BCUT2D eigenvalue weighted by Gasteiger charge is -2.29. The smallest absolute Gasteiger partial charge is 0.170 e. The van der Waals surface area contributed by atoms with Gasteiger partial charge in [0.2, 0.25) is 0 Å². The fraction of sp³-hybridized carbons (Fsp3) is 0.545. The van der Waals surface area contributed by atoms with Crippen molar-refractivity contribution in [1.29, 1.82) is 0 Å². The predicted molar refractivity (Wildman–Crippen MR) is 114 cm³/mol. The maximum Gasteiger partial charge on any atom is 0.170 e. The first-order valence-electron chi connectivity index (χ1n) is 10.3. The summed E-state index contributed by atoms with van der Waals surface area (Å²) in [4.78, 5) is 6.95. The van der Waals surface area contributed by atoms with Crippen molar-refractivity contribution in [1.82, 2.24) is 19.8 Å². The second kappa shape index (κ2) is 7.63. The van der Waals surface area contributed by atoms with E-state index in [9.17, 15) is 0 Å². The van der Waals surface area contributed by atoms with E-state index in [1.165, 1.54) is 49.1 Å². The first kappa shape index (κ1) is 18.5. The van der Waals surface area contributed by atoms with E-state index in [0.29, 0.717) is 6.04 Å². The molecule has 0 spiro atoms. The molecule has 5 heteroatoms. The van der Waals surface area contributed by atoms with E-state index in [4.69, 9.17) is 12.2 Å². The minimum atomic E-state index is 0.0963. The summed E-state index contributed by atoms with van der Waals surface area (Å²) >= 11 is 5.68. The summed E-state index contributed by atoms with van der Waals surface area (Å²) in [5.41, 5.74) is 5.23. The van der Waals surface area contributed by atoms with Crippen LogP contribution >= 0.6 is 12.2 Å². The van der Waals surface area contributed by atoms with Gasteiger partial charge in [0, 0.05) is 30.2 Å². The van der Waals surface area contributed by atoms with Gasteiger partial charge in [0.1, 0.15) is 0 Å². The molecule has 3 heterocycles. The largest absolute Gasteiger partial charge is 0.352 e. The van der Waals surface area contributed by atoms with Gasteiger partial charge in [0.15, 0.2) is 5.11 Å². The predicted octanol–water partition coefficient (Wildman–Crippen LogP) is 5.00. The first-order chi connectivity index (χ1) is 13.1. The SMILES string of the molecule is CCN1C(=S)N[C@@H](c2ccccn2)[C@H]1c1cc(C)n(C2CCCCC2)c1C. The van der Waals surface area contributed by atoms with Gasteiger partial charge in [-0.1, -0.05) is 25.3 Å². The summed E-state index contributed by atoms with van der Waals surface area (Å²) < 4.78 is 2.60. The van der Waals surface area contributed by atoms with Crippen molar-refractivity contribution in [3.8, 4) is 0 Å². The van der Waals surface area contributed by atoms with Crippen LogP contribution in [0.15, 0.2) is 30.5 Å². The third-order valence-corrected chi connectivity index (χ3v) is 6.67. The molecule has 27 heavy (non-hydrogen) atoms. The number of nitrogens with one attached hydrogen (secondary N) is 1. The molecule has 2 aliphatic rings. The second-order valence-electron chi connectivity index (χ2n) is 7.90. The number of pyridine rings is 1. The second-order valence-corrected chi connectivity index (χ2v) is 8.29. The summed E-state index contributed by atoms with van der Waals surface area (Å²) in [6.07, 6.45) is 8.57. The Morgan fingerprint density at radius 1 is 1.19 bits per heavy atom. The van der Waals surface area contributed by atoms with E-state index in [1.54, 1.807) is 0 Å². The number of aromatic nitrogens is 2. The zero-order chi connectivity index (χ0) is 19.0. The maximum absolute atomic E-state index is 5.68. The van der Waals surface area contributed by atoms with E-state index in [-0.39, 0.29) is 12.1 Å². The van der Waals surface area contributed by atoms with Gasteiger partial charge >= 0.3 is 0 Å². The van der Waals surface area contributed by atoms with Crippen LogP contribution in [-0.4, -0.2) is 26.1 Å². The van der Waals surface area contributed by atoms with Crippen molar-refractivity contribution in [3.63, 3.8) is 0 Å². The van der Waals surface area contributed by atoms with Crippen LogP contribution in [0.5, 0.6) is 0 Å². The van der Waals surface area contributed by atoms with Crippen LogP contribution in [-0.2, 0) is 0 Å². The number of aryl methyl sites for hydroxylation is 1. The number of thiocarbonyl (C=S) groups is 1. The van der Waals surface area contributed by atoms with Gasteiger partial charge in [-0.25, -0.2) is 0 Å². The minimum absolute atomic E-state index is 0.0963. The molecule has 4 nitrogen and oxygen atoms in total. The first-order valence-corrected chi connectivity index (χ1v) is 10.7. The molecule has 2 aromatic rings. The molecule has 0 unspecified atom stereocenters. The van der Waals surface area contributed by atoms with Crippen LogP contribution < -0.4 is 5.32 Å². The maximum atomic E-state index is 5.68. The molecule has 0 aromatic carbocycles. The molecule has 1 aliphatic heterocycles. The van der Waals surface area contributed by atoms with Crippen molar-refractivity contribution in [2.24, 2.45) is 0 Å².